The van der Waals surface area contributed by atoms with Gasteiger partial charge in [-0.15, -0.1) is 6.42 Å². The Morgan fingerprint density at radius 1 is 1.09 bits per heavy atom. The van der Waals surface area contributed by atoms with Crippen LogP contribution in [0.15, 0.2) is 30.6 Å². The number of imidazole rings is 1. The normalized spacial score (nSPS) is 17.8. The van der Waals surface area contributed by atoms with Crippen LogP contribution in [0.25, 0.3) is 21.8 Å². The minimum Gasteiger partial charge on any atom is -0.508 e. The lowest BCUT2D eigenvalue weighted by molar-refractivity contribution is 0.112. The summed E-state index contributed by atoms with van der Waals surface area (Å²) in [6, 6.07) is 8.46. The SMILES string of the molecule is C#Cc1c(F)ccc2cc(O)cc(Cn3cnc4c(OCC56CCCN5CCC6)nc(N5CCCOCC5)c(C#N)c43)c12.CC. The van der Waals surface area contributed by atoms with Crippen molar-refractivity contribution in [1.82, 2.24) is 19.4 Å². The molecule has 0 saturated carbocycles. The first-order chi connectivity index (χ1) is 22.0. The van der Waals surface area contributed by atoms with Gasteiger partial charge in [-0.2, -0.15) is 10.2 Å². The number of halogens is 1. The Hall–Kier alpha value is -4.38. The van der Waals surface area contributed by atoms with E-state index >= 15 is 0 Å². The molecule has 10 heteroatoms. The van der Waals surface area contributed by atoms with Gasteiger partial charge in [0.1, 0.15) is 29.8 Å². The highest BCUT2D eigenvalue weighted by molar-refractivity contribution is 5.93. The topological polar surface area (TPSA) is 99.7 Å². The van der Waals surface area contributed by atoms with E-state index in [0.29, 0.717) is 77.5 Å². The predicted octanol–water partition coefficient (Wildman–Crippen LogP) is 5.59. The summed E-state index contributed by atoms with van der Waals surface area (Å²) >= 11 is 0. The van der Waals surface area contributed by atoms with Crippen molar-refractivity contribution in [3.05, 3.63) is 53.1 Å². The van der Waals surface area contributed by atoms with Crippen LogP contribution in [0.2, 0.25) is 0 Å². The Balaban J connectivity index is 0.00000175. The van der Waals surface area contributed by atoms with Gasteiger partial charge < -0.3 is 24.0 Å². The molecule has 5 heterocycles. The predicted molar refractivity (Wildman–Crippen MR) is 172 cm³/mol. The molecule has 1 N–H and O–H groups in total. The van der Waals surface area contributed by atoms with Gasteiger partial charge in [0, 0.05) is 31.6 Å². The van der Waals surface area contributed by atoms with Crippen molar-refractivity contribution in [2.24, 2.45) is 0 Å². The highest BCUT2D eigenvalue weighted by Gasteiger charge is 2.45. The lowest BCUT2D eigenvalue weighted by atomic mass is 9.95. The van der Waals surface area contributed by atoms with Crippen LogP contribution >= 0.6 is 0 Å². The van der Waals surface area contributed by atoms with Crippen molar-refractivity contribution < 1.29 is 19.0 Å². The molecule has 0 spiro atoms. The number of phenols is 1. The number of nitriles is 1. The number of ether oxygens (including phenoxy) is 2. The fraction of sp³-hybridized carbons (Fsp3) is 0.457. The third-order valence-corrected chi connectivity index (χ3v) is 9.25. The highest BCUT2D eigenvalue weighted by Crippen LogP contribution is 2.40. The van der Waals surface area contributed by atoms with Gasteiger partial charge >= 0.3 is 0 Å². The molecule has 0 atom stereocenters. The average molecular weight is 611 g/mol. The van der Waals surface area contributed by atoms with Crippen molar-refractivity contribution in [2.45, 2.75) is 58.0 Å². The molecule has 7 rings (SSSR count). The molecule has 4 aromatic rings. The molecule has 0 radical (unpaired) electrons. The Labute approximate surface area is 263 Å². The second-order valence-electron chi connectivity index (χ2n) is 11.7. The van der Waals surface area contributed by atoms with E-state index in [0.717, 1.165) is 45.2 Å². The lowest BCUT2D eigenvalue weighted by Gasteiger charge is -2.31. The lowest BCUT2D eigenvalue weighted by Crippen LogP contribution is -2.43. The van der Waals surface area contributed by atoms with E-state index in [2.05, 4.69) is 21.8 Å². The quantitative estimate of drug-likeness (QED) is 0.282. The molecule has 3 saturated heterocycles. The van der Waals surface area contributed by atoms with Crippen LogP contribution in [0.4, 0.5) is 10.2 Å². The molecule has 45 heavy (non-hydrogen) atoms. The van der Waals surface area contributed by atoms with E-state index in [9.17, 15) is 14.8 Å². The van der Waals surface area contributed by atoms with Gasteiger partial charge in [0.25, 0.3) is 0 Å². The third kappa shape index (κ3) is 5.54. The zero-order valence-electron chi connectivity index (χ0n) is 26.0. The first kappa shape index (κ1) is 30.6. The number of hydrogen-bond donors (Lipinski definition) is 1. The van der Waals surface area contributed by atoms with Crippen molar-refractivity contribution >= 4 is 27.6 Å². The zero-order chi connectivity index (χ0) is 31.6. The van der Waals surface area contributed by atoms with Crippen LogP contribution in [-0.4, -0.2) is 76.1 Å². The third-order valence-electron chi connectivity index (χ3n) is 9.25. The summed E-state index contributed by atoms with van der Waals surface area (Å²) in [4.78, 5) is 14.3. The smallest absolute Gasteiger partial charge is 0.244 e. The van der Waals surface area contributed by atoms with Gasteiger partial charge in [0.05, 0.1) is 29.6 Å². The molecule has 3 aliphatic rings. The Bertz CT molecular complexity index is 1790. The molecule has 3 aliphatic heterocycles. The van der Waals surface area contributed by atoms with E-state index in [1.54, 1.807) is 24.5 Å². The minimum atomic E-state index is -0.507. The van der Waals surface area contributed by atoms with Gasteiger partial charge in [0.2, 0.25) is 5.88 Å². The number of aromatic hydroxyl groups is 1. The van der Waals surface area contributed by atoms with Gasteiger partial charge in [0.15, 0.2) is 11.3 Å². The minimum absolute atomic E-state index is 0.0112. The molecule has 2 aromatic heterocycles. The molecule has 0 bridgehead atoms. The number of anilines is 1. The Morgan fingerprint density at radius 3 is 2.64 bits per heavy atom. The average Bonchev–Trinajstić information content (AvgIpc) is 3.69. The summed E-state index contributed by atoms with van der Waals surface area (Å²) in [5.41, 5.74) is 2.22. The largest absolute Gasteiger partial charge is 0.508 e. The number of rotatable bonds is 6. The standard InChI is InChI=1S/C33H33FN6O3.C2H6/c1-2-25-27(34)7-6-22-16-24(41)17-23(28(22)25)19-39-21-36-29-30(39)26(18-35)31(38-10-5-14-42-15-13-38)37-32(29)43-20-33-8-3-11-40(33)12-4-9-33;1-2/h1,6-7,16-17,21,41H,3-5,8-15,19-20H2;1-2H3. The molecule has 3 fully saturated rings. The van der Waals surface area contributed by atoms with Crippen LogP contribution in [0.3, 0.4) is 0 Å². The van der Waals surface area contributed by atoms with E-state index in [1.807, 2.05) is 18.4 Å². The first-order valence-corrected chi connectivity index (χ1v) is 15.9. The summed E-state index contributed by atoms with van der Waals surface area (Å²) in [5.74, 6) is 2.95. The second kappa shape index (κ2) is 12.9. The molecule has 2 aromatic carbocycles. The number of phenolic OH excluding ortho intramolecular Hbond substituents is 1. The van der Waals surface area contributed by atoms with Gasteiger partial charge in [-0.1, -0.05) is 25.8 Å². The van der Waals surface area contributed by atoms with Crippen molar-refractivity contribution in [2.75, 3.05) is 50.9 Å². The van der Waals surface area contributed by atoms with Crippen LogP contribution in [0, 0.1) is 29.5 Å². The number of pyridine rings is 1. The monoisotopic (exact) mass is 610 g/mol. The van der Waals surface area contributed by atoms with Crippen LogP contribution in [-0.2, 0) is 11.3 Å². The number of nitrogens with zero attached hydrogens (tertiary/aromatic N) is 6. The molecular weight excluding hydrogens is 571 g/mol. The highest BCUT2D eigenvalue weighted by atomic mass is 19.1. The maximum Gasteiger partial charge on any atom is 0.244 e. The number of fused-ring (bicyclic) bond motifs is 3. The second-order valence-corrected chi connectivity index (χ2v) is 11.7. The molecule has 9 nitrogen and oxygen atoms in total. The number of hydrogen-bond acceptors (Lipinski definition) is 8. The first-order valence-electron chi connectivity index (χ1n) is 15.9. The maximum atomic E-state index is 14.8. The Morgan fingerprint density at radius 2 is 1.89 bits per heavy atom. The van der Waals surface area contributed by atoms with Crippen molar-refractivity contribution in [1.29, 1.82) is 5.26 Å². The molecule has 0 amide bonds. The molecule has 234 valence electrons. The molecular formula is C35H39FN6O3. The summed E-state index contributed by atoms with van der Waals surface area (Å²) in [6.45, 7) is 9.36. The molecule has 0 unspecified atom stereocenters. The van der Waals surface area contributed by atoms with E-state index in [-0.39, 0.29) is 23.4 Å². The van der Waals surface area contributed by atoms with Crippen LogP contribution in [0.1, 0.15) is 62.6 Å². The summed E-state index contributed by atoms with van der Waals surface area (Å²) in [5, 5.41) is 22.2. The van der Waals surface area contributed by atoms with Crippen molar-refractivity contribution in [3.63, 3.8) is 0 Å². The van der Waals surface area contributed by atoms with Crippen LogP contribution in [0.5, 0.6) is 11.6 Å². The maximum absolute atomic E-state index is 14.8. The molecule has 0 aliphatic carbocycles. The number of aromatic nitrogens is 3. The van der Waals surface area contributed by atoms with Gasteiger partial charge in [-0.3, -0.25) is 4.90 Å². The summed E-state index contributed by atoms with van der Waals surface area (Å²) in [6.07, 6.45) is 12.7. The van der Waals surface area contributed by atoms with Gasteiger partial charge in [-0.25, -0.2) is 9.37 Å². The van der Waals surface area contributed by atoms with Gasteiger partial charge in [-0.05, 0) is 74.3 Å². The van der Waals surface area contributed by atoms with E-state index < -0.39 is 5.82 Å². The fourth-order valence-corrected chi connectivity index (χ4v) is 7.25. The zero-order valence-corrected chi connectivity index (χ0v) is 26.0. The van der Waals surface area contributed by atoms with E-state index in [1.165, 1.54) is 6.07 Å². The number of terminal acetylenes is 1. The van der Waals surface area contributed by atoms with E-state index in [4.69, 9.17) is 25.9 Å². The fourth-order valence-electron chi connectivity index (χ4n) is 7.25. The van der Waals surface area contributed by atoms with Crippen molar-refractivity contribution in [3.8, 4) is 30.0 Å². The summed E-state index contributed by atoms with van der Waals surface area (Å²) < 4.78 is 28.9. The Kier molecular flexibility index (Phi) is 8.80. The van der Waals surface area contributed by atoms with Crippen LogP contribution < -0.4 is 9.64 Å². The summed E-state index contributed by atoms with van der Waals surface area (Å²) in [7, 11) is 0. The number of benzene rings is 2.